The van der Waals surface area contributed by atoms with Crippen molar-refractivity contribution < 1.29 is 32.6 Å². The number of aryl methyl sites for hydroxylation is 1. The molecule has 0 unspecified atom stereocenters. The number of nitrogens with one attached hydrogen (secondary N) is 1. The SMILES string of the molecule is COc1ccc2ncc(CN3CCOCC3)c(CCCC3(C(=O)NO)CCN(CCSc4c(F)cc(F)cc4F)CC3)c2c1. The van der Waals surface area contributed by atoms with Gasteiger partial charge in [-0.1, -0.05) is 0 Å². The zero-order chi connectivity index (χ0) is 31.1. The summed E-state index contributed by atoms with van der Waals surface area (Å²) in [5.41, 5.74) is 4.41. The van der Waals surface area contributed by atoms with Gasteiger partial charge in [-0.2, -0.15) is 0 Å². The Morgan fingerprint density at radius 1 is 1.09 bits per heavy atom. The molecule has 2 N–H and O–H groups in total. The monoisotopic (exact) mass is 632 g/mol. The van der Waals surface area contributed by atoms with Gasteiger partial charge in [-0.3, -0.25) is 19.9 Å². The predicted octanol–water partition coefficient (Wildman–Crippen LogP) is 5.20. The number of rotatable bonds is 12. The number of carbonyl (C=O) groups excluding carboxylic acids is 1. The van der Waals surface area contributed by atoms with Gasteiger partial charge in [-0.05, 0) is 74.5 Å². The molecule has 1 aromatic heterocycles. The van der Waals surface area contributed by atoms with E-state index in [1.54, 1.807) is 7.11 Å². The van der Waals surface area contributed by atoms with Crippen LogP contribution in [-0.4, -0.2) is 84.7 Å². The lowest BCUT2D eigenvalue weighted by Gasteiger charge is -2.40. The summed E-state index contributed by atoms with van der Waals surface area (Å²) in [7, 11) is 1.65. The van der Waals surface area contributed by atoms with Crippen LogP contribution in [0.4, 0.5) is 13.2 Å². The number of methoxy groups -OCH3 is 1. The smallest absolute Gasteiger partial charge is 0.249 e. The van der Waals surface area contributed by atoms with E-state index in [1.165, 1.54) is 5.56 Å². The van der Waals surface area contributed by atoms with Crippen LogP contribution in [0.3, 0.4) is 0 Å². The number of morpholine rings is 1. The summed E-state index contributed by atoms with van der Waals surface area (Å²) >= 11 is 1.01. The summed E-state index contributed by atoms with van der Waals surface area (Å²) in [6.07, 6.45) is 5.12. The average molecular weight is 633 g/mol. The van der Waals surface area contributed by atoms with Gasteiger partial charge in [-0.15, -0.1) is 11.8 Å². The summed E-state index contributed by atoms with van der Waals surface area (Å²) in [6, 6.07) is 7.26. The number of likely N-dealkylation sites (tertiary alicyclic amines) is 1. The van der Waals surface area contributed by atoms with Crippen LogP contribution in [0.5, 0.6) is 5.75 Å². The molecule has 2 saturated heterocycles. The molecule has 44 heavy (non-hydrogen) atoms. The largest absolute Gasteiger partial charge is 0.497 e. The molecule has 12 heteroatoms. The first kappa shape index (κ1) is 32.5. The Morgan fingerprint density at radius 2 is 1.82 bits per heavy atom. The Hall–Kier alpha value is -2.90. The number of nitrogens with zero attached hydrogens (tertiary/aromatic N) is 3. The number of piperidine rings is 1. The van der Waals surface area contributed by atoms with Gasteiger partial charge in [0.25, 0.3) is 0 Å². The van der Waals surface area contributed by atoms with Crippen LogP contribution in [0.2, 0.25) is 0 Å². The first-order chi connectivity index (χ1) is 21.3. The van der Waals surface area contributed by atoms with Crippen molar-refractivity contribution in [2.24, 2.45) is 5.41 Å². The standard InChI is InChI=1S/C32H39F3N4O4S/c1-42-24-4-5-29-26(19-24)25(22(20-36-29)21-39-11-14-43-15-12-39)3-2-6-32(31(40)37-41)7-9-38(10-8-32)13-16-44-30-27(34)17-23(33)18-28(30)35/h4-5,17-20,41H,2-3,6-16,21H2,1H3,(H,37,40). The fourth-order valence-electron chi connectivity index (χ4n) is 6.29. The van der Waals surface area contributed by atoms with Crippen LogP contribution >= 0.6 is 11.8 Å². The molecule has 0 bridgehead atoms. The molecule has 2 aromatic carbocycles. The number of aromatic nitrogens is 1. The van der Waals surface area contributed by atoms with E-state index in [4.69, 9.17) is 14.5 Å². The Balaban J connectivity index is 1.24. The third kappa shape index (κ3) is 7.66. The maximum Gasteiger partial charge on any atom is 0.249 e. The van der Waals surface area contributed by atoms with Crippen molar-refractivity contribution in [3.63, 3.8) is 0 Å². The van der Waals surface area contributed by atoms with Gasteiger partial charge in [0.2, 0.25) is 5.91 Å². The van der Waals surface area contributed by atoms with E-state index in [9.17, 15) is 23.2 Å². The lowest BCUT2D eigenvalue weighted by molar-refractivity contribution is -0.143. The Morgan fingerprint density at radius 3 is 2.50 bits per heavy atom. The minimum Gasteiger partial charge on any atom is -0.497 e. The molecule has 2 aliphatic rings. The lowest BCUT2D eigenvalue weighted by atomic mass is 9.73. The van der Waals surface area contributed by atoms with Gasteiger partial charge in [0, 0.05) is 55.6 Å². The van der Waals surface area contributed by atoms with Gasteiger partial charge in [0.15, 0.2) is 0 Å². The fraction of sp³-hybridized carbons (Fsp3) is 0.500. The minimum atomic E-state index is -0.941. The number of pyridine rings is 1. The third-order valence-electron chi connectivity index (χ3n) is 8.87. The summed E-state index contributed by atoms with van der Waals surface area (Å²) < 4.78 is 52.3. The van der Waals surface area contributed by atoms with Crippen LogP contribution in [0.1, 0.15) is 36.8 Å². The van der Waals surface area contributed by atoms with Gasteiger partial charge < -0.3 is 14.4 Å². The van der Waals surface area contributed by atoms with Crippen molar-refractivity contribution in [1.29, 1.82) is 0 Å². The van der Waals surface area contributed by atoms with Crippen molar-refractivity contribution >= 4 is 28.6 Å². The van der Waals surface area contributed by atoms with Crippen LogP contribution in [0.25, 0.3) is 10.9 Å². The van der Waals surface area contributed by atoms with Crippen molar-refractivity contribution in [2.75, 3.05) is 58.8 Å². The van der Waals surface area contributed by atoms with Crippen LogP contribution in [-0.2, 0) is 22.5 Å². The summed E-state index contributed by atoms with van der Waals surface area (Å²) in [6.45, 7) is 5.68. The second-order valence-corrected chi connectivity index (χ2v) is 12.6. The van der Waals surface area contributed by atoms with E-state index in [-0.39, 0.29) is 10.8 Å². The molecule has 0 radical (unpaired) electrons. The van der Waals surface area contributed by atoms with E-state index in [0.29, 0.717) is 70.0 Å². The zero-order valence-electron chi connectivity index (χ0n) is 24.9. The number of carbonyl (C=O) groups is 1. The molecule has 0 atom stereocenters. The molecular weight excluding hydrogens is 593 g/mol. The maximum atomic E-state index is 14.0. The lowest BCUT2D eigenvalue weighted by Crippen LogP contribution is -2.48. The molecule has 2 aliphatic heterocycles. The molecule has 0 saturated carbocycles. The third-order valence-corrected chi connectivity index (χ3v) is 9.93. The number of benzene rings is 2. The van der Waals surface area contributed by atoms with Crippen molar-refractivity contribution in [2.45, 2.75) is 43.5 Å². The molecule has 0 spiro atoms. The molecule has 238 valence electrons. The normalized spacial score (nSPS) is 17.6. The van der Waals surface area contributed by atoms with Crippen LogP contribution < -0.4 is 10.2 Å². The number of hydrogen-bond acceptors (Lipinski definition) is 8. The quantitative estimate of drug-likeness (QED) is 0.160. The first-order valence-electron chi connectivity index (χ1n) is 15.0. The zero-order valence-corrected chi connectivity index (χ0v) is 25.7. The average Bonchev–Trinajstić information content (AvgIpc) is 3.03. The second kappa shape index (κ2) is 14.9. The molecule has 3 heterocycles. The number of hydrogen-bond donors (Lipinski definition) is 2. The van der Waals surface area contributed by atoms with Gasteiger partial charge in [-0.25, -0.2) is 18.7 Å². The summed E-state index contributed by atoms with van der Waals surface area (Å²) in [5.74, 6) is -1.95. The van der Waals surface area contributed by atoms with Crippen molar-refractivity contribution in [3.05, 3.63) is 65.1 Å². The Labute approximate surface area is 259 Å². The van der Waals surface area contributed by atoms with E-state index >= 15 is 0 Å². The fourth-order valence-corrected chi connectivity index (χ4v) is 7.23. The van der Waals surface area contributed by atoms with Gasteiger partial charge >= 0.3 is 0 Å². The van der Waals surface area contributed by atoms with Crippen LogP contribution in [0, 0.1) is 22.9 Å². The van der Waals surface area contributed by atoms with Crippen molar-refractivity contribution in [1.82, 2.24) is 20.3 Å². The number of amides is 1. The molecule has 0 aliphatic carbocycles. The predicted molar refractivity (Wildman–Crippen MR) is 162 cm³/mol. The highest BCUT2D eigenvalue weighted by Gasteiger charge is 2.40. The van der Waals surface area contributed by atoms with Gasteiger partial charge in [0.05, 0.1) is 36.2 Å². The first-order valence-corrected chi connectivity index (χ1v) is 16.0. The Bertz CT molecular complexity index is 1430. The topological polar surface area (TPSA) is 87.2 Å². The molecule has 2 fully saturated rings. The van der Waals surface area contributed by atoms with E-state index in [2.05, 4.69) is 9.80 Å². The Kier molecular flexibility index (Phi) is 11.0. The highest BCUT2D eigenvalue weighted by atomic mass is 32.2. The van der Waals surface area contributed by atoms with E-state index in [1.807, 2.05) is 29.9 Å². The molecule has 3 aromatic rings. The van der Waals surface area contributed by atoms with E-state index in [0.717, 1.165) is 66.5 Å². The summed E-state index contributed by atoms with van der Waals surface area (Å²) in [5, 5.41) is 10.7. The summed E-state index contributed by atoms with van der Waals surface area (Å²) in [4.78, 5) is 22.1. The number of thioether (sulfide) groups is 1. The molecule has 8 nitrogen and oxygen atoms in total. The van der Waals surface area contributed by atoms with E-state index < -0.39 is 22.9 Å². The molecule has 1 amide bonds. The number of halogens is 3. The minimum absolute atomic E-state index is 0.188. The number of ether oxygens (including phenoxy) is 2. The van der Waals surface area contributed by atoms with Gasteiger partial charge in [0.1, 0.15) is 23.2 Å². The van der Waals surface area contributed by atoms with Crippen LogP contribution in [0.15, 0.2) is 41.4 Å². The second-order valence-electron chi connectivity index (χ2n) is 11.5. The molecule has 5 rings (SSSR count). The highest BCUT2D eigenvalue weighted by Crippen LogP contribution is 2.38. The maximum absolute atomic E-state index is 14.0. The highest BCUT2D eigenvalue weighted by molar-refractivity contribution is 7.99. The number of hydroxylamine groups is 1. The molecular formula is C32H39F3N4O4S. The van der Waals surface area contributed by atoms with Crippen molar-refractivity contribution in [3.8, 4) is 5.75 Å². The number of fused-ring (bicyclic) bond motifs is 1.